The Morgan fingerprint density at radius 3 is 2.58 bits per heavy atom. The van der Waals surface area contributed by atoms with Crippen molar-refractivity contribution in [3.8, 4) is 5.75 Å². The second-order valence-corrected chi connectivity index (χ2v) is 4.71. The van der Waals surface area contributed by atoms with Gasteiger partial charge in [0.1, 0.15) is 5.75 Å². The highest BCUT2D eigenvalue weighted by molar-refractivity contribution is 5.76. The molecule has 0 spiro atoms. The first-order chi connectivity index (χ1) is 9.15. The van der Waals surface area contributed by atoms with Crippen LogP contribution >= 0.6 is 0 Å². The van der Waals surface area contributed by atoms with Crippen LogP contribution in [-0.2, 0) is 11.2 Å². The van der Waals surface area contributed by atoms with Gasteiger partial charge in [0.05, 0.1) is 13.7 Å². The van der Waals surface area contributed by atoms with Crippen LogP contribution in [-0.4, -0.2) is 30.8 Å². The van der Waals surface area contributed by atoms with Crippen LogP contribution in [0.3, 0.4) is 0 Å². The summed E-state index contributed by atoms with van der Waals surface area (Å²) in [6, 6.07) is 7.84. The zero-order chi connectivity index (χ0) is 14.1. The molecular weight excluding hydrogens is 242 g/mol. The number of aliphatic hydroxyl groups is 1. The van der Waals surface area contributed by atoms with E-state index in [1.54, 1.807) is 14.0 Å². The zero-order valence-corrected chi connectivity index (χ0v) is 11.7. The van der Waals surface area contributed by atoms with E-state index in [-0.39, 0.29) is 18.6 Å². The Morgan fingerprint density at radius 1 is 1.32 bits per heavy atom. The van der Waals surface area contributed by atoms with Gasteiger partial charge < -0.3 is 15.2 Å². The van der Waals surface area contributed by atoms with Gasteiger partial charge in [0.15, 0.2) is 0 Å². The molecule has 0 saturated heterocycles. The van der Waals surface area contributed by atoms with Crippen LogP contribution in [0.25, 0.3) is 0 Å². The zero-order valence-electron chi connectivity index (χ0n) is 11.7. The number of hydrogen-bond acceptors (Lipinski definition) is 3. The number of rotatable bonds is 8. The summed E-state index contributed by atoms with van der Waals surface area (Å²) in [5.74, 6) is 0.873. The van der Waals surface area contributed by atoms with Crippen LogP contribution in [0.1, 0.15) is 31.7 Å². The van der Waals surface area contributed by atoms with Crippen molar-refractivity contribution in [2.75, 3.05) is 13.7 Å². The van der Waals surface area contributed by atoms with Gasteiger partial charge in [-0.2, -0.15) is 0 Å². The molecule has 0 aliphatic rings. The number of nitrogens with one attached hydrogen (secondary N) is 1. The molecule has 1 aromatic rings. The quantitative estimate of drug-likeness (QED) is 0.706. The number of hydrogen-bond donors (Lipinski definition) is 2. The largest absolute Gasteiger partial charge is 0.497 e. The molecule has 0 heterocycles. The third kappa shape index (κ3) is 6.25. The van der Waals surface area contributed by atoms with Crippen LogP contribution in [0.5, 0.6) is 5.75 Å². The van der Waals surface area contributed by atoms with E-state index in [0.29, 0.717) is 6.42 Å². The molecule has 0 unspecified atom stereocenters. The molecule has 4 nitrogen and oxygen atoms in total. The molecule has 0 bridgehead atoms. The topological polar surface area (TPSA) is 58.6 Å². The summed E-state index contributed by atoms with van der Waals surface area (Å²) < 4.78 is 5.10. The number of aliphatic hydroxyl groups excluding tert-OH is 1. The Labute approximate surface area is 114 Å². The molecule has 1 aromatic carbocycles. The van der Waals surface area contributed by atoms with Crippen molar-refractivity contribution in [1.82, 2.24) is 5.32 Å². The molecule has 1 atom stereocenters. The SMILES string of the molecule is COc1ccc(CCCCC(=O)N[C@@H](C)CO)cc1. The lowest BCUT2D eigenvalue weighted by atomic mass is 10.1. The van der Waals surface area contributed by atoms with Gasteiger partial charge in [-0.15, -0.1) is 0 Å². The number of amides is 1. The van der Waals surface area contributed by atoms with Crippen LogP contribution in [0, 0.1) is 0 Å². The van der Waals surface area contributed by atoms with Crippen LogP contribution in [0.2, 0.25) is 0 Å². The number of unbranched alkanes of at least 4 members (excludes halogenated alkanes) is 1. The van der Waals surface area contributed by atoms with Crippen LogP contribution < -0.4 is 10.1 Å². The van der Waals surface area contributed by atoms with E-state index in [4.69, 9.17) is 9.84 Å². The third-order valence-corrected chi connectivity index (χ3v) is 2.96. The van der Waals surface area contributed by atoms with Gasteiger partial charge in [-0.1, -0.05) is 12.1 Å². The number of aryl methyl sites for hydroxylation is 1. The Bertz CT molecular complexity index is 375. The summed E-state index contributed by atoms with van der Waals surface area (Å²) >= 11 is 0. The maximum absolute atomic E-state index is 11.5. The Balaban J connectivity index is 2.17. The Hall–Kier alpha value is -1.55. The third-order valence-electron chi connectivity index (χ3n) is 2.96. The highest BCUT2D eigenvalue weighted by atomic mass is 16.5. The van der Waals surface area contributed by atoms with Gasteiger partial charge in [-0.05, 0) is 43.9 Å². The van der Waals surface area contributed by atoms with Crippen molar-refractivity contribution < 1.29 is 14.6 Å². The Kier molecular flexibility index (Phi) is 6.97. The second-order valence-electron chi connectivity index (χ2n) is 4.71. The number of carbonyl (C=O) groups is 1. The van der Waals surface area contributed by atoms with Crippen molar-refractivity contribution in [3.63, 3.8) is 0 Å². The molecule has 0 radical (unpaired) electrons. The summed E-state index contributed by atoms with van der Waals surface area (Å²) in [5.41, 5.74) is 1.25. The predicted molar refractivity (Wildman–Crippen MR) is 75.2 cm³/mol. The van der Waals surface area contributed by atoms with Gasteiger partial charge in [-0.25, -0.2) is 0 Å². The van der Waals surface area contributed by atoms with Gasteiger partial charge in [0.25, 0.3) is 0 Å². The van der Waals surface area contributed by atoms with Crippen molar-refractivity contribution in [3.05, 3.63) is 29.8 Å². The Morgan fingerprint density at radius 2 is 2.00 bits per heavy atom. The fourth-order valence-electron chi connectivity index (χ4n) is 1.80. The van der Waals surface area contributed by atoms with E-state index >= 15 is 0 Å². The van der Waals surface area contributed by atoms with E-state index in [1.807, 2.05) is 24.3 Å². The number of ether oxygens (including phenoxy) is 1. The molecule has 0 aliphatic carbocycles. The van der Waals surface area contributed by atoms with Crippen LogP contribution in [0.15, 0.2) is 24.3 Å². The molecule has 1 amide bonds. The first kappa shape index (κ1) is 15.5. The van der Waals surface area contributed by atoms with E-state index in [2.05, 4.69) is 5.32 Å². The average molecular weight is 265 g/mol. The predicted octanol–water partition coefficient (Wildman–Crippen LogP) is 1.90. The molecule has 4 heteroatoms. The fraction of sp³-hybridized carbons (Fsp3) is 0.533. The number of benzene rings is 1. The van der Waals surface area contributed by atoms with Crippen molar-refractivity contribution >= 4 is 5.91 Å². The first-order valence-corrected chi connectivity index (χ1v) is 6.69. The maximum Gasteiger partial charge on any atom is 0.220 e. The lowest BCUT2D eigenvalue weighted by molar-refractivity contribution is -0.122. The minimum absolute atomic E-state index is 0.0104. The monoisotopic (exact) mass is 265 g/mol. The van der Waals surface area contributed by atoms with Crippen molar-refractivity contribution in [2.24, 2.45) is 0 Å². The molecule has 106 valence electrons. The lowest BCUT2D eigenvalue weighted by Gasteiger charge is -2.10. The summed E-state index contributed by atoms with van der Waals surface area (Å²) in [4.78, 5) is 11.5. The fourth-order valence-corrected chi connectivity index (χ4v) is 1.80. The van der Waals surface area contributed by atoms with Gasteiger partial charge in [-0.3, -0.25) is 4.79 Å². The average Bonchev–Trinajstić information content (AvgIpc) is 2.44. The minimum atomic E-state index is -0.158. The number of methoxy groups -OCH3 is 1. The normalized spacial score (nSPS) is 11.9. The van der Waals surface area contributed by atoms with E-state index in [0.717, 1.165) is 25.0 Å². The summed E-state index contributed by atoms with van der Waals surface area (Å²) in [5, 5.41) is 11.6. The van der Waals surface area contributed by atoms with Gasteiger partial charge in [0.2, 0.25) is 5.91 Å². The molecule has 0 aliphatic heterocycles. The molecule has 2 N–H and O–H groups in total. The van der Waals surface area contributed by atoms with E-state index < -0.39 is 0 Å². The van der Waals surface area contributed by atoms with Crippen molar-refractivity contribution in [1.29, 1.82) is 0 Å². The first-order valence-electron chi connectivity index (χ1n) is 6.69. The minimum Gasteiger partial charge on any atom is -0.497 e. The molecule has 19 heavy (non-hydrogen) atoms. The molecular formula is C15H23NO3. The van der Waals surface area contributed by atoms with Gasteiger partial charge in [0, 0.05) is 12.5 Å². The second kappa shape index (κ2) is 8.53. The van der Waals surface area contributed by atoms with Crippen LogP contribution in [0.4, 0.5) is 0 Å². The summed E-state index contributed by atoms with van der Waals surface area (Å²) in [6.07, 6.45) is 3.32. The molecule has 1 rings (SSSR count). The maximum atomic E-state index is 11.5. The van der Waals surface area contributed by atoms with E-state index in [1.165, 1.54) is 5.56 Å². The molecule has 0 aromatic heterocycles. The lowest BCUT2D eigenvalue weighted by Crippen LogP contribution is -2.34. The standard InChI is InChI=1S/C15H23NO3/c1-12(11-17)16-15(18)6-4-3-5-13-7-9-14(19-2)10-8-13/h7-10,12,17H,3-6,11H2,1-2H3,(H,16,18)/t12-/m0/s1. The number of carbonyl (C=O) groups excluding carboxylic acids is 1. The van der Waals surface area contributed by atoms with E-state index in [9.17, 15) is 4.79 Å². The van der Waals surface area contributed by atoms with Gasteiger partial charge >= 0.3 is 0 Å². The van der Waals surface area contributed by atoms with Crippen molar-refractivity contribution in [2.45, 2.75) is 38.6 Å². The summed E-state index contributed by atoms with van der Waals surface area (Å²) in [6.45, 7) is 1.77. The molecule has 0 saturated carbocycles. The summed E-state index contributed by atoms with van der Waals surface area (Å²) in [7, 11) is 1.65. The highest BCUT2D eigenvalue weighted by Crippen LogP contribution is 2.13. The molecule has 0 fully saturated rings. The highest BCUT2D eigenvalue weighted by Gasteiger charge is 2.05. The smallest absolute Gasteiger partial charge is 0.220 e.